The van der Waals surface area contributed by atoms with Gasteiger partial charge in [-0.1, -0.05) is 18.2 Å². The van der Waals surface area contributed by atoms with Crippen molar-refractivity contribution in [3.63, 3.8) is 0 Å². The minimum Gasteiger partial charge on any atom is -0.327 e. The van der Waals surface area contributed by atoms with Gasteiger partial charge in [-0.05, 0) is 36.9 Å². The third-order valence-electron chi connectivity index (χ3n) is 3.49. The first-order valence-electron chi connectivity index (χ1n) is 6.99. The Morgan fingerprint density at radius 1 is 1.15 bits per heavy atom. The zero-order valence-corrected chi connectivity index (χ0v) is 12.5. The van der Waals surface area contributed by atoms with Gasteiger partial charge >= 0.3 is 0 Å². The number of thiophene rings is 1. The van der Waals surface area contributed by atoms with Crippen molar-refractivity contribution in [1.82, 2.24) is 14.9 Å². The number of benzene rings is 1. The summed E-state index contributed by atoms with van der Waals surface area (Å²) in [6, 6.07) is 12.6. The molecule has 0 amide bonds. The van der Waals surface area contributed by atoms with E-state index in [-0.39, 0.29) is 0 Å². The summed E-state index contributed by atoms with van der Waals surface area (Å²) in [5.41, 5.74) is 2.31. The fourth-order valence-corrected chi connectivity index (χ4v) is 3.17. The van der Waals surface area contributed by atoms with Crippen LogP contribution in [0.1, 0.15) is 10.7 Å². The highest BCUT2D eigenvalue weighted by Gasteiger charge is 2.05. The largest absolute Gasteiger partial charge is 0.327 e. The molecular weight excluding hydrogens is 266 g/mol. The lowest BCUT2D eigenvalue weighted by Crippen LogP contribution is -2.22. The normalized spacial score (nSPS) is 11.2. The van der Waals surface area contributed by atoms with Gasteiger partial charge in [0.25, 0.3) is 0 Å². The molecule has 4 heteroatoms. The fourth-order valence-electron chi connectivity index (χ4n) is 2.46. The predicted molar refractivity (Wildman–Crippen MR) is 85.4 cm³/mol. The van der Waals surface area contributed by atoms with Gasteiger partial charge in [-0.25, -0.2) is 4.98 Å². The molecule has 1 aromatic carbocycles. The van der Waals surface area contributed by atoms with E-state index < -0.39 is 0 Å². The minimum atomic E-state index is 0.969. The molecule has 0 atom stereocenters. The molecule has 0 spiro atoms. The number of rotatable bonds is 6. The van der Waals surface area contributed by atoms with Crippen LogP contribution in [-0.2, 0) is 13.0 Å². The lowest BCUT2D eigenvalue weighted by atomic mass is 10.3. The molecule has 2 heterocycles. The molecule has 0 saturated carbocycles. The summed E-state index contributed by atoms with van der Waals surface area (Å²) >= 11 is 1.83. The van der Waals surface area contributed by atoms with Gasteiger partial charge in [-0.15, -0.1) is 11.3 Å². The van der Waals surface area contributed by atoms with E-state index in [4.69, 9.17) is 0 Å². The highest BCUT2D eigenvalue weighted by molar-refractivity contribution is 7.09. The van der Waals surface area contributed by atoms with Gasteiger partial charge < -0.3 is 9.88 Å². The Labute approximate surface area is 123 Å². The number of hydrogen-bond donors (Lipinski definition) is 1. The van der Waals surface area contributed by atoms with Crippen molar-refractivity contribution in [2.24, 2.45) is 0 Å². The van der Waals surface area contributed by atoms with Crippen LogP contribution in [-0.4, -0.2) is 22.6 Å². The van der Waals surface area contributed by atoms with E-state index in [1.54, 1.807) is 0 Å². The van der Waals surface area contributed by atoms with Crippen LogP contribution in [0.4, 0.5) is 0 Å². The molecule has 0 radical (unpaired) electrons. The number of nitrogens with zero attached hydrogens (tertiary/aromatic N) is 2. The number of imidazole rings is 1. The summed E-state index contributed by atoms with van der Waals surface area (Å²) in [7, 11) is 0. The van der Waals surface area contributed by atoms with E-state index in [9.17, 15) is 0 Å². The van der Waals surface area contributed by atoms with Gasteiger partial charge in [0.15, 0.2) is 0 Å². The molecule has 20 heavy (non-hydrogen) atoms. The third-order valence-corrected chi connectivity index (χ3v) is 4.42. The van der Waals surface area contributed by atoms with E-state index >= 15 is 0 Å². The number of aromatic nitrogens is 2. The van der Waals surface area contributed by atoms with Gasteiger partial charge in [0.2, 0.25) is 0 Å². The van der Waals surface area contributed by atoms with Crippen molar-refractivity contribution in [3.05, 3.63) is 52.5 Å². The summed E-state index contributed by atoms with van der Waals surface area (Å²) < 4.78 is 2.29. The molecule has 3 rings (SSSR count). The summed E-state index contributed by atoms with van der Waals surface area (Å²) in [6.45, 7) is 5.06. The summed E-state index contributed by atoms with van der Waals surface area (Å²) in [5.74, 6) is 1.09. The van der Waals surface area contributed by atoms with Crippen LogP contribution in [0.25, 0.3) is 11.0 Å². The average molecular weight is 285 g/mol. The fraction of sp³-hybridized carbons (Fsp3) is 0.312. The molecule has 3 aromatic rings. The van der Waals surface area contributed by atoms with Crippen LogP contribution in [0.2, 0.25) is 0 Å². The highest BCUT2D eigenvalue weighted by Crippen LogP contribution is 2.14. The molecule has 0 fully saturated rings. The Morgan fingerprint density at radius 2 is 2.05 bits per heavy atom. The van der Waals surface area contributed by atoms with Crippen molar-refractivity contribution < 1.29 is 0 Å². The molecule has 0 aliphatic carbocycles. The van der Waals surface area contributed by atoms with E-state index in [0.29, 0.717) is 0 Å². The molecule has 3 nitrogen and oxygen atoms in total. The molecule has 0 bridgehead atoms. The molecule has 104 valence electrons. The molecular formula is C16H19N3S. The first kappa shape index (κ1) is 13.3. The Morgan fingerprint density at radius 3 is 2.90 bits per heavy atom. The molecule has 0 saturated heterocycles. The van der Waals surface area contributed by atoms with Crippen LogP contribution in [0.15, 0.2) is 41.8 Å². The Balaban J connectivity index is 1.53. The quantitative estimate of drug-likeness (QED) is 0.705. The van der Waals surface area contributed by atoms with Gasteiger partial charge in [-0.2, -0.15) is 0 Å². The smallest absolute Gasteiger partial charge is 0.106 e. The van der Waals surface area contributed by atoms with Gasteiger partial charge in [0.05, 0.1) is 11.0 Å². The van der Waals surface area contributed by atoms with Gasteiger partial charge in [-0.3, -0.25) is 0 Å². The van der Waals surface area contributed by atoms with Gasteiger partial charge in [0.1, 0.15) is 5.82 Å². The SMILES string of the molecule is Cc1nc2ccccc2n1CCNCCc1cccs1. The van der Waals surface area contributed by atoms with Crippen LogP contribution in [0.5, 0.6) is 0 Å². The molecule has 0 aliphatic rings. The van der Waals surface area contributed by atoms with Crippen molar-refractivity contribution >= 4 is 22.4 Å². The van der Waals surface area contributed by atoms with E-state index in [1.165, 1.54) is 10.4 Å². The predicted octanol–water partition coefficient (Wildman–Crippen LogP) is 3.24. The summed E-state index contributed by atoms with van der Waals surface area (Å²) in [4.78, 5) is 6.04. The Kier molecular flexibility index (Phi) is 4.14. The van der Waals surface area contributed by atoms with E-state index in [1.807, 2.05) is 17.4 Å². The second-order valence-corrected chi connectivity index (χ2v) is 5.91. The average Bonchev–Trinajstić information content (AvgIpc) is 3.06. The second-order valence-electron chi connectivity index (χ2n) is 4.88. The number of para-hydroxylation sites is 2. The number of hydrogen-bond acceptors (Lipinski definition) is 3. The molecule has 1 N–H and O–H groups in total. The first-order chi connectivity index (χ1) is 9.84. The van der Waals surface area contributed by atoms with Crippen LogP contribution >= 0.6 is 11.3 Å². The van der Waals surface area contributed by atoms with Gasteiger partial charge in [0, 0.05) is 24.5 Å². The monoisotopic (exact) mass is 285 g/mol. The lowest BCUT2D eigenvalue weighted by molar-refractivity contribution is 0.599. The van der Waals surface area contributed by atoms with Crippen molar-refractivity contribution in [2.45, 2.75) is 19.9 Å². The highest BCUT2D eigenvalue weighted by atomic mass is 32.1. The van der Waals surface area contributed by atoms with E-state index in [0.717, 1.165) is 37.4 Å². The minimum absolute atomic E-state index is 0.969. The zero-order valence-electron chi connectivity index (χ0n) is 11.7. The third kappa shape index (κ3) is 2.92. The number of nitrogens with one attached hydrogen (secondary N) is 1. The summed E-state index contributed by atoms with van der Waals surface area (Å²) in [5, 5.41) is 5.65. The topological polar surface area (TPSA) is 29.9 Å². The van der Waals surface area contributed by atoms with Crippen molar-refractivity contribution in [3.8, 4) is 0 Å². The zero-order chi connectivity index (χ0) is 13.8. The van der Waals surface area contributed by atoms with E-state index in [2.05, 4.69) is 57.5 Å². The Bertz CT molecular complexity index is 670. The van der Waals surface area contributed by atoms with Crippen molar-refractivity contribution in [1.29, 1.82) is 0 Å². The molecule has 2 aromatic heterocycles. The lowest BCUT2D eigenvalue weighted by Gasteiger charge is -2.08. The second kappa shape index (κ2) is 6.20. The maximum absolute atomic E-state index is 4.59. The van der Waals surface area contributed by atoms with Crippen LogP contribution in [0.3, 0.4) is 0 Å². The maximum atomic E-state index is 4.59. The molecule has 0 unspecified atom stereocenters. The standard InChI is InChI=1S/C16H19N3S/c1-13-18-15-6-2-3-7-16(15)19(13)11-10-17-9-8-14-5-4-12-20-14/h2-7,12,17H,8-11H2,1H3. The first-order valence-corrected chi connectivity index (χ1v) is 7.87. The Hall–Kier alpha value is -1.65. The van der Waals surface area contributed by atoms with Crippen molar-refractivity contribution in [2.75, 3.05) is 13.1 Å². The van der Waals surface area contributed by atoms with Crippen LogP contribution < -0.4 is 5.32 Å². The summed E-state index contributed by atoms with van der Waals surface area (Å²) in [6.07, 6.45) is 1.11. The molecule has 0 aliphatic heterocycles. The number of aryl methyl sites for hydroxylation is 1. The van der Waals surface area contributed by atoms with Crippen LogP contribution in [0, 0.1) is 6.92 Å². The maximum Gasteiger partial charge on any atom is 0.106 e. The number of fused-ring (bicyclic) bond motifs is 1.